The third-order valence-corrected chi connectivity index (χ3v) is 11.0. The lowest BCUT2D eigenvalue weighted by Gasteiger charge is -2.27. The van der Waals surface area contributed by atoms with E-state index in [0.29, 0.717) is 29.1 Å². The number of nitrogens with two attached hydrogens (primary N) is 1. The lowest BCUT2D eigenvalue weighted by atomic mass is 9.94. The number of hydrogen-bond donors (Lipinski definition) is 4. The van der Waals surface area contributed by atoms with Crippen molar-refractivity contribution in [1.29, 1.82) is 5.26 Å². The van der Waals surface area contributed by atoms with Crippen molar-refractivity contribution >= 4 is 19.2 Å². The fourth-order valence-corrected chi connectivity index (χ4v) is 7.56. The van der Waals surface area contributed by atoms with Gasteiger partial charge >= 0.3 is 7.82 Å². The van der Waals surface area contributed by atoms with Gasteiger partial charge in [0.1, 0.15) is 41.8 Å². The third kappa shape index (κ3) is 14.1. The SMILES string of the molecule is CCCCCCCCCCCCCCCCCCOC[C@H](COP(=O)(O)O[C@H]1O[C@@](C)(c2ccc3c(N)ncnn23)[C@H](O)[C@@H]1O)OCc1ccc(C#N)cn1. The molecule has 0 radical (unpaired) electrons. The molecule has 4 rings (SSSR count). The second-order valence-electron chi connectivity index (χ2n) is 14.5. The molecule has 0 aromatic carbocycles. The number of hydrogen-bond acceptors (Lipinski definition) is 13. The minimum absolute atomic E-state index is 0.0348. The van der Waals surface area contributed by atoms with E-state index < -0.39 is 44.6 Å². The maximum absolute atomic E-state index is 13.1. The third-order valence-electron chi connectivity index (χ3n) is 10.0. The Labute approximate surface area is 325 Å². The summed E-state index contributed by atoms with van der Waals surface area (Å²) in [7, 11) is -4.87. The van der Waals surface area contributed by atoms with Gasteiger partial charge in [-0.05, 0) is 37.6 Å². The van der Waals surface area contributed by atoms with E-state index in [4.69, 9.17) is 34.3 Å². The summed E-state index contributed by atoms with van der Waals surface area (Å²) in [5.41, 5.74) is 6.05. The lowest BCUT2D eigenvalue weighted by Crippen LogP contribution is -2.39. The molecule has 16 heteroatoms. The smallest absolute Gasteiger partial charge is 0.387 e. The van der Waals surface area contributed by atoms with Crippen LogP contribution in [0.25, 0.3) is 5.52 Å². The van der Waals surface area contributed by atoms with Gasteiger partial charge < -0.3 is 35.1 Å². The average Bonchev–Trinajstić information content (AvgIpc) is 3.71. The Bertz CT molecular complexity index is 1640. The normalized spacial score (nSPS) is 21.5. The minimum Gasteiger partial charge on any atom is -0.387 e. The molecule has 0 bridgehead atoms. The molecule has 0 saturated carbocycles. The van der Waals surface area contributed by atoms with Crippen LogP contribution in [0.15, 0.2) is 36.8 Å². The number of anilines is 1. The molecule has 0 aliphatic carbocycles. The van der Waals surface area contributed by atoms with Crippen molar-refractivity contribution in [2.75, 3.05) is 25.6 Å². The number of nitrogen functional groups attached to an aromatic ring is 1. The van der Waals surface area contributed by atoms with E-state index in [1.807, 2.05) is 6.07 Å². The molecular weight excluding hydrogens is 727 g/mol. The summed E-state index contributed by atoms with van der Waals surface area (Å²) in [5, 5.41) is 35.0. The highest BCUT2D eigenvalue weighted by molar-refractivity contribution is 7.47. The molecule has 4 heterocycles. The summed E-state index contributed by atoms with van der Waals surface area (Å²) in [6, 6.07) is 8.52. The number of phosphoric acid groups is 1. The summed E-state index contributed by atoms with van der Waals surface area (Å²) in [6.45, 7) is 3.95. The molecule has 1 aliphatic heterocycles. The zero-order chi connectivity index (χ0) is 39.5. The van der Waals surface area contributed by atoms with Gasteiger partial charge in [-0.25, -0.2) is 14.1 Å². The Morgan fingerprint density at radius 3 is 2.18 bits per heavy atom. The monoisotopic (exact) mass is 788 g/mol. The van der Waals surface area contributed by atoms with Gasteiger partial charge in [-0.3, -0.25) is 14.0 Å². The molecule has 1 unspecified atom stereocenters. The predicted octanol–water partition coefficient (Wildman–Crippen LogP) is 6.87. The van der Waals surface area contributed by atoms with Crippen LogP contribution in [0.4, 0.5) is 5.82 Å². The molecule has 5 N–H and O–H groups in total. The van der Waals surface area contributed by atoms with Crippen LogP contribution in [0.1, 0.15) is 134 Å². The van der Waals surface area contributed by atoms with Gasteiger partial charge in [0.15, 0.2) is 12.1 Å². The maximum Gasteiger partial charge on any atom is 0.474 e. The van der Waals surface area contributed by atoms with Gasteiger partial charge in [0.2, 0.25) is 0 Å². The average molecular weight is 789 g/mol. The Balaban J connectivity index is 1.18. The molecule has 3 aromatic rings. The van der Waals surface area contributed by atoms with Crippen molar-refractivity contribution in [3.63, 3.8) is 0 Å². The number of aromatic nitrogens is 4. The van der Waals surface area contributed by atoms with Crippen LogP contribution in [0, 0.1) is 11.3 Å². The quantitative estimate of drug-likeness (QED) is 0.0436. The van der Waals surface area contributed by atoms with Crippen molar-refractivity contribution < 1.29 is 42.9 Å². The molecular formula is C39H61N6O9P. The Morgan fingerprint density at radius 1 is 0.945 bits per heavy atom. The predicted molar refractivity (Wildman–Crippen MR) is 206 cm³/mol. The van der Waals surface area contributed by atoms with E-state index in [1.54, 1.807) is 24.3 Å². The summed E-state index contributed by atoms with van der Waals surface area (Å²) in [6.07, 6.45) is 17.3. The van der Waals surface area contributed by atoms with Crippen LogP contribution in [-0.4, -0.2) is 79.1 Å². The van der Waals surface area contributed by atoms with Crippen molar-refractivity contribution in [2.45, 2.75) is 153 Å². The lowest BCUT2D eigenvalue weighted by molar-refractivity contribution is -0.157. The van der Waals surface area contributed by atoms with Crippen LogP contribution in [0.3, 0.4) is 0 Å². The first-order valence-corrected chi connectivity index (χ1v) is 21.4. The van der Waals surface area contributed by atoms with Crippen LogP contribution in [0.5, 0.6) is 0 Å². The number of nitrogens with zero attached hydrogens (tertiary/aromatic N) is 5. The first-order chi connectivity index (χ1) is 26.6. The van der Waals surface area contributed by atoms with Crippen molar-refractivity contribution in [3.05, 3.63) is 53.7 Å². The number of ether oxygens (including phenoxy) is 3. The van der Waals surface area contributed by atoms with E-state index in [9.17, 15) is 19.7 Å². The minimum atomic E-state index is -4.87. The van der Waals surface area contributed by atoms with Crippen molar-refractivity contribution in [2.24, 2.45) is 0 Å². The number of aliphatic hydroxyl groups excluding tert-OH is 2. The Hall–Kier alpha value is -3.03. The Morgan fingerprint density at radius 2 is 1.58 bits per heavy atom. The molecule has 3 aromatic heterocycles. The maximum atomic E-state index is 13.1. The van der Waals surface area contributed by atoms with E-state index in [1.165, 1.54) is 107 Å². The fraction of sp³-hybridized carbons (Fsp3) is 0.692. The van der Waals surface area contributed by atoms with E-state index >= 15 is 0 Å². The number of unbranched alkanes of at least 4 members (excludes halogenated alkanes) is 15. The Kier molecular flexibility index (Phi) is 18.9. The number of fused-ring (bicyclic) bond motifs is 1. The summed E-state index contributed by atoms with van der Waals surface area (Å²) in [5.74, 6) is 0.194. The van der Waals surface area contributed by atoms with E-state index in [-0.39, 0.29) is 19.0 Å². The second-order valence-corrected chi connectivity index (χ2v) is 15.9. The highest BCUT2D eigenvalue weighted by atomic mass is 31.2. The van der Waals surface area contributed by atoms with Gasteiger partial charge in [0.05, 0.1) is 36.8 Å². The van der Waals surface area contributed by atoms with Crippen LogP contribution in [0.2, 0.25) is 0 Å². The van der Waals surface area contributed by atoms with Crippen LogP contribution >= 0.6 is 7.82 Å². The van der Waals surface area contributed by atoms with Gasteiger partial charge in [-0.15, -0.1) is 0 Å². The fourth-order valence-electron chi connectivity index (χ4n) is 6.71. The zero-order valence-corrected chi connectivity index (χ0v) is 33.4. The number of phosphoric ester groups is 1. The first-order valence-electron chi connectivity index (χ1n) is 19.9. The standard InChI is InChI=1S/C39H61N6O9P/c1-3-4-5-6-7-8-9-10-11-12-13-14-15-16-17-18-23-50-27-32(51-26-31-20-19-30(24-40)25-42-31)28-52-55(48,49)54-38-35(46)36(47)39(2,53-38)34-22-21-33-37(41)43-29-44-45(33)34/h19-22,25,29,32,35-36,38,46-47H,3-18,23,26-28H2,1-2H3,(H,48,49)(H2,41,43,44)/t32-,35+,36-,38-,39+/m1/s1. The molecule has 1 aliphatic rings. The van der Waals surface area contributed by atoms with Crippen molar-refractivity contribution in [1.82, 2.24) is 19.6 Å². The molecule has 1 saturated heterocycles. The number of pyridine rings is 1. The van der Waals surface area contributed by atoms with Gasteiger partial charge in [0.25, 0.3) is 0 Å². The molecule has 306 valence electrons. The van der Waals surface area contributed by atoms with Gasteiger partial charge in [-0.1, -0.05) is 103 Å². The first kappa shape index (κ1) is 44.7. The van der Waals surface area contributed by atoms with Crippen molar-refractivity contribution in [3.8, 4) is 6.07 Å². The van der Waals surface area contributed by atoms with E-state index in [2.05, 4.69) is 22.0 Å². The molecule has 0 spiro atoms. The van der Waals surface area contributed by atoms with Crippen LogP contribution < -0.4 is 5.73 Å². The number of aliphatic hydroxyl groups is 2. The zero-order valence-electron chi connectivity index (χ0n) is 32.5. The summed E-state index contributed by atoms with van der Waals surface area (Å²) < 4.78 is 42.8. The molecule has 6 atom stereocenters. The molecule has 0 amide bonds. The van der Waals surface area contributed by atoms with Gasteiger partial charge in [0, 0.05) is 12.8 Å². The van der Waals surface area contributed by atoms with Crippen LogP contribution in [-0.2, 0) is 40.0 Å². The largest absolute Gasteiger partial charge is 0.474 e. The van der Waals surface area contributed by atoms with Gasteiger partial charge in [-0.2, -0.15) is 10.4 Å². The summed E-state index contributed by atoms with van der Waals surface area (Å²) in [4.78, 5) is 18.8. The topological polar surface area (TPSA) is 217 Å². The summed E-state index contributed by atoms with van der Waals surface area (Å²) >= 11 is 0. The highest BCUT2D eigenvalue weighted by Gasteiger charge is 2.56. The molecule has 55 heavy (non-hydrogen) atoms. The molecule has 1 fully saturated rings. The number of nitriles is 1. The van der Waals surface area contributed by atoms with E-state index in [0.717, 1.165) is 19.3 Å². The number of rotatable bonds is 28. The molecule has 15 nitrogen and oxygen atoms in total. The highest BCUT2D eigenvalue weighted by Crippen LogP contribution is 2.50. The second kappa shape index (κ2) is 23.3.